The maximum atomic E-state index is 13.0. The zero-order chi connectivity index (χ0) is 17.2. The first-order valence-corrected chi connectivity index (χ1v) is 6.52. The van der Waals surface area contributed by atoms with Gasteiger partial charge in [-0.1, -0.05) is 12.1 Å². The number of alkyl halides is 2. The molecule has 0 fully saturated rings. The highest BCUT2D eigenvalue weighted by Gasteiger charge is 2.15. The molecule has 0 aliphatic carbocycles. The minimum atomic E-state index is -2.56. The second kappa shape index (κ2) is 9.34. The fraction of sp³-hybridized carbons (Fsp3) is 0.133. The van der Waals surface area contributed by atoms with Crippen molar-refractivity contribution in [2.45, 2.75) is 6.43 Å². The molecular formula is C15H18F2N4O2. The van der Waals surface area contributed by atoms with E-state index in [2.05, 4.69) is 5.84 Å². The number of furan rings is 1. The number of hydrazine groups is 2. The summed E-state index contributed by atoms with van der Waals surface area (Å²) in [7, 11) is 1.61. The van der Waals surface area contributed by atoms with Gasteiger partial charge in [0.05, 0.1) is 12.0 Å². The van der Waals surface area contributed by atoms with Crippen molar-refractivity contribution in [2.24, 2.45) is 11.7 Å². The van der Waals surface area contributed by atoms with Gasteiger partial charge in [-0.25, -0.2) is 20.5 Å². The molecular weight excluding hydrogens is 306 g/mol. The number of hydrogen-bond acceptors (Lipinski definition) is 5. The molecule has 2 rings (SSSR count). The van der Waals surface area contributed by atoms with E-state index in [1.54, 1.807) is 48.9 Å². The molecule has 0 aliphatic heterocycles. The average molecular weight is 324 g/mol. The Hall–Kier alpha value is -2.71. The molecule has 5 N–H and O–H groups in total. The lowest BCUT2D eigenvalue weighted by Gasteiger charge is -2.17. The molecule has 0 unspecified atom stereocenters. The molecule has 0 aliphatic rings. The van der Waals surface area contributed by atoms with Crippen LogP contribution in [0.3, 0.4) is 0 Å². The highest BCUT2D eigenvalue weighted by molar-refractivity contribution is 5.78. The number of anilines is 1. The van der Waals surface area contributed by atoms with Crippen molar-refractivity contribution in [1.82, 2.24) is 5.43 Å². The van der Waals surface area contributed by atoms with Crippen LogP contribution in [-0.2, 0) is 4.79 Å². The summed E-state index contributed by atoms with van der Waals surface area (Å²) >= 11 is 0. The Bertz CT molecular complexity index is 602. The van der Waals surface area contributed by atoms with Crippen LogP contribution >= 0.6 is 0 Å². The first-order valence-electron chi connectivity index (χ1n) is 6.52. The largest absolute Gasteiger partial charge is 0.465 e. The summed E-state index contributed by atoms with van der Waals surface area (Å²) in [5.74, 6) is 10.7. The third kappa shape index (κ3) is 5.53. The minimum Gasteiger partial charge on any atom is -0.465 e. The van der Waals surface area contributed by atoms with Crippen LogP contribution in [0.5, 0.6) is 0 Å². The van der Waals surface area contributed by atoms with Gasteiger partial charge in [0.1, 0.15) is 5.76 Å². The number of nitrogens with one attached hydrogen (secondary N) is 1. The molecule has 0 bridgehead atoms. The molecule has 2 aromatic rings. The number of halogens is 2. The number of benzene rings is 1. The molecule has 0 atom stereocenters. The van der Waals surface area contributed by atoms with Crippen LogP contribution in [-0.4, -0.2) is 13.5 Å². The Morgan fingerprint density at radius 1 is 1.26 bits per heavy atom. The molecule has 124 valence electrons. The molecule has 1 aromatic carbocycles. The summed E-state index contributed by atoms with van der Waals surface area (Å²) in [6.45, 7) is 0. The van der Waals surface area contributed by atoms with Crippen molar-refractivity contribution in [3.8, 4) is 0 Å². The second-order valence-corrected chi connectivity index (χ2v) is 4.32. The maximum Gasteiger partial charge on any atom is 0.264 e. The smallest absolute Gasteiger partial charge is 0.264 e. The summed E-state index contributed by atoms with van der Waals surface area (Å²) in [6, 6.07) is 8.11. The van der Waals surface area contributed by atoms with Crippen molar-refractivity contribution in [2.75, 3.05) is 12.1 Å². The first kappa shape index (κ1) is 18.3. The summed E-state index contributed by atoms with van der Waals surface area (Å²) in [4.78, 5) is 8.94. The zero-order valence-electron chi connectivity index (χ0n) is 12.4. The maximum absolute atomic E-state index is 13.0. The summed E-state index contributed by atoms with van der Waals surface area (Å²) in [6.07, 6.45) is 2.58. The van der Waals surface area contributed by atoms with Gasteiger partial charge in [-0.3, -0.25) is 10.2 Å². The van der Waals surface area contributed by atoms with Crippen molar-refractivity contribution >= 4 is 24.2 Å². The number of carbonyl (C=O) groups is 1. The average Bonchev–Trinajstić information content (AvgIpc) is 3.06. The molecule has 1 aromatic heterocycles. The van der Waals surface area contributed by atoms with E-state index >= 15 is 0 Å². The van der Waals surface area contributed by atoms with E-state index in [0.29, 0.717) is 23.4 Å². The molecule has 0 radical (unpaired) electrons. The fourth-order valence-corrected chi connectivity index (χ4v) is 1.80. The molecule has 0 saturated heterocycles. The Kier molecular flexibility index (Phi) is 7.44. The summed E-state index contributed by atoms with van der Waals surface area (Å²) < 4.78 is 31.2. The topological polar surface area (TPSA) is 97.5 Å². The third-order valence-electron chi connectivity index (χ3n) is 2.76. The number of hydrogen-bond donors (Lipinski definition) is 3. The Balaban J connectivity index is 0.000000593. The van der Waals surface area contributed by atoms with Crippen LogP contribution in [0.1, 0.15) is 23.3 Å². The van der Waals surface area contributed by atoms with Crippen LogP contribution in [0, 0.1) is 0 Å². The van der Waals surface area contributed by atoms with Gasteiger partial charge in [0.2, 0.25) is 6.41 Å². The van der Waals surface area contributed by atoms with E-state index in [0.717, 1.165) is 0 Å². The SMILES string of the molecule is CN(N)c1cccc(C(F)F)c1/C=C/c1ccco1.NNC=O. The van der Waals surface area contributed by atoms with Crippen molar-refractivity contribution in [3.63, 3.8) is 0 Å². The van der Waals surface area contributed by atoms with Crippen LogP contribution in [0.15, 0.2) is 41.0 Å². The third-order valence-corrected chi connectivity index (χ3v) is 2.76. The lowest BCUT2D eigenvalue weighted by molar-refractivity contribution is -0.109. The highest BCUT2D eigenvalue weighted by Crippen LogP contribution is 2.31. The lowest BCUT2D eigenvalue weighted by atomic mass is 10.0. The number of carbonyl (C=O) groups excluding carboxylic acids is 1. The molecule has 1 heterocycles. The number of nitrogens with zero attached hydrogens (tertiary/aromatic N) is 1. The van der Waals surface area contributed by atoms with Crippen LogP contribution in [0.25, 0.3) is 12.2 Å². The van der Waals surface area contributed by atoms with E-state index in [1.807, 2.05) is 0 Å². The van der Waals surface area contributed by atoms with Gasteiger partial charge in [-0.05, 0) is 30.4 Å². The van der Waals surface area contributed by atoms with Gasteiger partial charge in [-0.2, -0.15) is 0 Å². The van der Waals surface area contributed by atoms with Gasteiger partial charge in [0.25, 0.3) is 6.43 Å². The predicted molar refractivity (Wildman–Crippen MR) is 85.0 cm³/mol. The van der Waals surface area contributed by atoms with Crippen LogP contribution in [0.2, 0.25) is 0 Å². The number of amides is 1. The molecule has 6 nitrogen and oxygen atoms in total. The van der Waals surface area contributed by atoms with Crippen molar-refractivity contribution in [3.05, 3.63) is 53.5 Å². The normalized spacial score (nSPS) is 10.3. The van der Waals surface area contributed by atoms with Crippen molar-refractivity contribution < 1.29 is 18.0 Å². The number of nitrogens with two attached hydrogens (primary N) is 2. The zero-order valence-corrected chi connectivity index (χ0v) is 12.4. The molecule has 0 saturated carbocycles. The summed E-state index contributed by atoms with van der Waals surface area (Å²) in [5, 5.41) is 1.31. The number of rotatable bonds is 5. The Labute approximate surface area is 132 Å². The van der Waals surface area contributed by atoms with E-state index < -0.39 is 6.43 Å². The molecule has 8 heteroatoms. The van der Waals surface area contributed by atoms with Gasteiger partial charge < -0.3 is 9.43 Å². The standard InChI is InChI=1S/C14H14F2N2O.CH4N2O/c1-18(17)13-6-2-5-12(14(15)16)11(13)8-7-10-4-3-9-19-10;2-3-1-4/h2-9,14H,17H2,1H3;1H,2H2,(H,3,4)/b8-7+;. The monoisotopic (exact) mass is 324 g/mol. The summed E-state index contributed by atoms with van der Waals surface area (Å²) in [5.41, 5.74) is 2.61. The van der Waals surface area contributed by atoms with Crippen LogP contribution < -0.4 is 22.1 Å². The van der Waals surface area contributed by atoms with Gasteiger partial charge in [0, 0.05) is 18.2 Å². The van der Waals surface area contributed by atoms with E-state index in [-0.39, 0.29) is 5.56 Å². The molecule has 1 amide bonds. The van der Waals surface area contributed by atoms with E-state index in [1.165, 1.54) is 17.3 Å². The van der Waals surface area contributed by atoms with E-state index in [9.17, 15) is 8.78 Å². The van der Waals surface area contributed by atoms with Crippen LogP contribution in [0.4, 0.5) is 14.5 Å². The van der Waals surface area contributed by atoms with Gasteiger partial charge in [0.15, 0.2) is 0 Å². The Morgan fingerprint density at radius 3 is 2.43 bits per heavy atom. The quantitative estimate of drug-likeness (QED) is 0.339. The molecule has 0 spiro atoms. The second-order valence-electron chi connectivity index (χ2n) is 4.32. The fourth-order valence-electron chi connectivity index (χ4n) is 1.80. The predicted octanol–water partition coefficient (Wildman–Crippen LogP) is 2.30. The van der Waals surface area contributed by atoms with Gasteiger partial charge >= 0.3 is 0 Å². The van der Waals surface area contributed by atoms with Crippen molar-refractivity contribution in [1.29, 1.82) is 0 Å². The minimum absolute atomic E-state index is 0.0578. The lowest BCUT2D eigenvalue weighted by Crippen LogP contribution is -2.26. The van der Waals surface area contributed by atoms with Gasteiger partial charge in [-0.15, -0.1) is 0 Å². The Morgan fingerprint density at radius 2 is 1.96 bits per heavy atom. The van der Waals surface area contributed by atoms with E-state index in [4.69, 9.17) is 15.1 Å². The highest BCUT2D eigenvalue weighted by atomic mass is 19.3. The first-order chi connectivity index (χ1) is 11.0. The molecule has 23 heavy (non-hydrogen) atoms.